The predicted molar refractivity (Wildman–Crippen MR) is 102 cm³/mol. The molecule has 25 heavy (non-hydrogen) atoms. The number of amides is 1. The van der Waals surface area contributed by atoms with Crippen LogP contribution in [-0.4, -0.2) is 28.0 Å². The lowest BCUT2D eigenvalue weighted by molar-refractivity contribution is 0.0953. The SMILES string of the molecule is Cc1c(C(=O)NCCCSc2ccccc2)cnn1-c1ccccc1. The number of hydrogen-bond donors (Lipinski definition) is 1. The zero-order valence-electron chi connectivity index (χ0n) is 14.2. The molecule has 0 fully saturated rings. The van der Waals surface area contributed by atoms with Crippen LogP contribution in [0.5, 0.6) is 0 Å². The van der Waals surface area contributed by atoms with E-state index >= 15 is 0 Å². The number of thioether (sulfide) groups is 1. The molecule has 1 heterocycles. The number of para-hydroxylation sites is 1. The van der Waals surface area contributed by atoms with Crippen molar-refractivity contribution in [3.05, 3.63) is 78.1 Å². The molecule has 0 unspecified atom stereocenters. The average Bonchev–Trinajstić information content (AvgIpc) is 3.04. The van der Waals surface area contributed by atoms with Crippen LogP contribution >= 0.6 is 11.8 Å². The van der Waals surface area contributed by atoms with Crippen LogP contribution in [0.3, 0.4) is 0 Å². The largest absolute Gasteiger partial charge is 0.352 e. The molecule has 0 spiro atoms. The lowest BCUT2D eigenvalue weighted by atomic mass is 10.2. The molecular weight excluding hydrogens is 330 g/mol. The minimum atomic E-state index is -0.0654. The van der Waals surface area contributed by atoms with Gasteiger partial charge in [-0.15, -0.1) is 11.8 Å². The van der Waals surface area contributed by atoms with E-state index in [0.29, 0.717) is 12.1 Å². The number of hydrogen-bond acceptors (Lipinski definition) is 3. The van der Waals surface area contributed by atoms with Gasteiger partial charge in [0.05, 0.1) is 23.1 Å². The van der Waals surface area contributed by atoms with E-state index in [0.717, 1.165) is 23.6 Å². The number of carbonyl (C=O) groups is 1. The van der Waals surface area contributed by atoms with Crippen LogP contribution in [0.2, 0.25) is 0 Å². The van der Waals surface area contributed by atoms with Crippen molar-refractivity contribution in [1.82, 2.24) is 15.1 Å². The first-order valence-corrected chi connectivity index (χ1v) is 9.30. The zero-order chi connectivity index (χ0) is 17.5. The van der Waals surface area contributed by atoms with Crippen LogP contribution in [0.4, 0.5) is 0 Å². The third-order valence-electron chi connectivity index (χ3n) is 3.87. The Hall–Kier alpha value is -2.53. The van der Waals surface area contributed by atoms with Crippen molar-refractivity contribution < 1.29 is 4.79 Å². The van der Waals surface area contributed by atoms with E-state index < -0.39 is 0 Å². The first-order chi connectivity index (χ1) is 12.3. The topological polar surface area (TPSA) is 46.9 Å². The Morgan fingerprint density at radius 1 is 1.08 bits per heavy atom. The molecule has 0 aliphatic rings. The van der Waals surface area contributed by atoms with Crippen LogP contribution in [-0.2, 0) is 0 Å². The monoisotopic (exact) mass is 351 g/mol. The number of carbonyl (C=O) groups excluding carboxylic acids is 1. The highest BCUT2D eigenvalue weighted by atomic mass is 32.2. The Morgan fingerprint density at radius 2 is 1.76 bits per heavy atom. The van der Waals surface area contributed by atoms with Gasteiger partial charge in [0.2, 0.25) is 0 Å². The van der Waals surface area contributed by atoms with Crippen LogP contribution in [0, 0.1) is 6.92 Å². The standard InChI is InChI=1S/C20H21N3OS/c1-16-19(15-22-23(16)17-9-4-2-5-10-17)20(24)21-13-8-14-25-18-11-6-3-7-12-18/h2-7,9-12,15H,8,13-14H2,1H3,(H,21,24). The molecule has 0 aliphatic carbocycles. The molecule has 1 N–H and O–H groups in total. The molecule has 0 bridgehead atoms. The van der Waals surface area contributed by atoms with Crippen molar-refractivity contribution in [2.24, 2.45) is 0 Å². The van der Waals surface area contributed by atoms with Crippen molar-refractivity contribution in [3.63, 3.8) is 0 Å². The van der Waals surface area contributed by atoms with Crippen LogP contribution in [0.1, 0.15) is 22.5 Å². The smallest absolute Gasteiger partial charge is 0.254 e. The van der Waals surface area contributed by atoms with E-state index in [2.05, 4.69) is 22.5 Å². The van der Waals surface area contributed by atoms with Gasteiger partial charge in [-0.2, -0.15) is 5.10 Å². The molecule has 1 amide bonds. The third kappa shape index (κ3) is 4.51. The Balaban J connectivity index is 1.50. The zero-order valence-corrected chi connectivity index (χ0v) is 15.0. The highest BCUT2D eigenvalue weighted by Gasteiger charge is 2.14. The fraction of sp³-hybridized carbons (Fsp3) is 0.200. The highest BCUT2D eigenvalue weighted by Crippen LogP contribution is 2.17. The molecule has 128 valence electrons. The molecular formula is C20H21N3OS. The fourth-order valence-electron chi connectivity index (χ4n) is 2.54. The summed E-state index contributed by atoms with van der Waals surface area (Å²) in [5.41, 5.74) is 2.43. The maximum Gasteiger partial charge on any atom is 0.254 e. The number of nitrogens with one attached hydrogen (secondary N) is 1. The Kier molecular flexibility index (Phi) is 5.90. The van der Waals surface area contributed by atoms with Crippen molar-refractivity contribution in [3.8, 4) is 5.69 Å². The maximum atomic E-state index is 12.4. The van der Waals surface area contributed by atoms with Gasteiger partial charge < -0.3 is 5.32 Å². The molecule has 0 aliphatic heterocycles. The average molecular weight is 351 g/mol. The van der Waals surface area contributed by atoms with E-state index in [1.54, 1.807) is 22.6 Å². The minimum Gasteiger partial charge on any atom is -0.352 e. The molecule has 0 atom stereocenters. The lowest BCUT2D eigenvalue weighted by Gasteiger charge is -2.07. The predicted octanol–water partition coefficient (Wildman–Crippen LogP) is 4.09. The summed E-state index contributed by atoms with van der Waals surface area (Å²) in [4.78, 5) is 13.6. The summed E-state index contributed by atoms with van der Waals surface area (Å²) in [7, 11) is 0. The van der Waals surface area contributed by atoms with E-state index in [9.17, 15) is 4.79 Å². The maximum absolute atomic E-state index is 12.4. The van der Waals surface area contributed by atoms with Crippen molar-refractivity contribution >= 4 is 17.7 Å². The second kappa shape index (κ2) is 8.53. The molecule has 1 aromatic heterocycles. The summed E-state index contributed by atoms with van der Waals surface area (Å²) in [5, 5.41) is 7.33. The van der Waals surface area contributed by atoms with Crippen LogP contribution in [0.15, 0.2) is 71.8 Å². The summed E-state index contributed by atoms with van der Waals surface area (Å²) in [6.07, 6.45) is 2.56. The molecule has 0 radical (unpaired) electrons. The summed E-state index contributed by atoms with van der Waals surface area (Å²) < 4.78 is 1.79. The molecule has 3 rings (SSSR count). The number of aromatic nitrogens is 2. The molecule has 0 saturated carbocycles. The van der Waals surface area contributed by atoms with Gasteiger partial charge in [0.25, 0.3) is 5.91 Å². The molecule has 0 saturated heterocycles. The summed E-state index contributed by atoms with van der Waals surface area (Å²) in [6, 6.07) is 20.1. The second-order valence-electron chi connectivity index (χ2n) is 5.66. The van der Waals surface area contributed by atoms with Crippen LogP contribution < -0.4 is 5.32 Å². The first-order valence-electron chi connectivity index (χ1n) is 8.32. The molecule has 2 aromatic carbocycles. The second-order valence-corrected chi connectivity index (χ2v) is 6.83. The van der Waals surface area contributed by atoms with Gasteiger partial charge >= 0.3 is 0 Å². The Morgan fingerprint density at radius 3 is 2.48 bits per heavy atom. The quantitative estimate of drug-likeness (QED) is 0.515. The fourth-order valence-corrected chi connectivity index (χ4v) is 3.41. The molecule has 4 nitrogen and oxygen atoms in total. The summed E-state index contributed by atoms with van der Waals surface area (Å²) >= 11 is 1.80. The van der Waals surface area contributed by atoms with Crippen molar-refractivity contribution in [1.29, 1.82) is 0 Å². The van der Waals surface area contributed by atoms with E-state index in [-0.39, 0.29) is 5.91 Å². The van der Waals surface area contributed by atoms with Crippen molar-refractivity contribution in [2.45, 2.75) is 18.2 Å². The Labute approximate surface area is 152 Å². The molecule has 5 heteroatoms. The minimum absolute atomic E-state index is 0.0654. The number of rotatable bonds is 7. The van der Waals surface area contributed by atoms with E-state index in [1.165, 1.54) is 4.90 Å². The van der Waals surface area contributed by atoms with E-state index in [1.807, 2.05) is 55.5 Å². The van der Waals surface area contributed by atoms with Gasteiger partial charge in [-0.3, -0.25) is 4.79 Å². The van der Waals surface area contributed by atoms with Crippen molar-refractivity contribution in [2.75, 3.05) is 12.3 Å². The molecule has 3 aromatic rings. The van der Waals surface area contributed by atoms with Gasteiger partial charge in [0.15, 0.2) is 0 Å². The van der Waals surface area contributed by atoms with Crippen LogP contribution in [0.25, 0.3) is 5.69 Å². The normalized spacial score (nSPS) is 10.6. The highest BCUT2D eigenvalue weighted by molar-refractivity contribution is 7.99. The van der Waals surface area contributed by atoms with Gasteiger partial charge in [-0.1, -0.05) is 36.4 Å². The summed E-state index contributed by atoms with van der Waals surface area (Å²) in [5.74, 6) is 0.913. The summed E-state index contributed by atoms with van der Waals surface area (Å²) in [6.45, 7) is 2.58. The first kappa shape index (κ1) is 17.3. The third-order valence-corrected chi connectivity index (χ3v) is 4.97. The van der Waals surface area contributed by atoms with Gasteiger partial charge in [-0.05, 0) is 43.4 Å². The van der Waals surface area contributed by atoms with Gasteiger partial charge in [-0.25, -0.2) is 4.68 Å². The Bertz CT molecular complexity index is 815. The van der Waals surface area contributed by atoms with E-state index in [4.69, 9.17) is 0 Å². The number of nitrogens with zero attached hydrogens (tertiary/aromatic N) is 2. The van der Waals surface area contributed by atoms with Gasteiger partial charge in [0, 0.05) is 11.4 Å². The lowest BCUT2D eigenvalue weighted by Crippen LogP contribution is -2.25. The number of benzene rings is 2. The van der Waals surface area contributed by atoms with Gasteiger partial charge in [0.1, 0.15) is 0 Å².